The minimum Gasteiger partial charge on any atom is -0.381 e. The number of carbonyl (C=O) groups is 1. The van der Waals surface area contributed by atoms with E-state index in [1.165, 1.54) is 0 Å². The minimum atomic E-state index is 0.0290. The Bertz CT molecular complexity index is 686. The molecule has 1 aromatic rings. The lowest BCUT2D eigenvalue weighted by atomic mass is 9.93. The number of hydrogen-bond acceptors (Lipinski definition) is 4. The second kappa shape index (κ2) is 7.28. The highest BCUT2D eigenvalue weighted by atomic mass is 16.5. The highest BCUT2D eigenvalue weighted by molar-refractivity contribution is 5.79. The van der Waals surface area contributed by atoms with E-state index in [2.05, 4.69) is 5.10 Å². The fraction of sp³-hybridized carbons (Fsp3) is 0.737. The number of likely N-dealkylation sites (tertiary alicyclic amines) is 1. The number of ether oxygens (including phenoxy) is 1. The molecule has 0 unspecified atom stereocenters. The first-order chi connectivity index (χ1) is 12.2. The fourth-order valence-electron chi connectivity index (χ4n) is 4.35. The van der Waals surface area contributed by atoms with Crippen LogP contribution in [-0.4, -0.2) is 46.9 Å². The Morgan fingerprint density at radius 1 is 1.16 bits per heavy atom. The van der Waals surface area contributed by atoms with E-state index in [0.29, 0.717) is 31.6 Å². The molecule has 0 saturated carbocycles. The van der Waals surface area contributed by atoms with Gasteiger partial charge in [0.2, 0.25) is 5.91 Å². The summed E-state index contributed by atoms with van der Waals surface area (Å²) in [6.07, 6.45) is 6.72. The molecule has 6 heteroatoms. The van der Waals surface area contributed by atoms with Crippen LogP contribution in [0, 0.1) is 11.8 Å². The molecular weight excluding hydrogens is 318 g/mol. The van der Waals surface area contributed by atoms with Gasteiger partial charge in [-0.1, -0.05) is 0 Å². The first-order valence-electron chi connectivity index (χ1n) is 9.67. The molecule has 3 aliphatic rings. The van der Waals surface area contributed by atoms with Gasteiger partial charge in [-0.25, -0.2) is 4.68 Å². The number of nitrogens with zero attached hydrogens (tertiary/aromatic N) is 3. The second-order valence-electron chi connectivity index (χ2n) is 7.65. The van der Waals surface area contributed by atoms with Gasteiger partial charge >= 0.3 is 0 Å². The van der Waals surface area contributed by atoms with Crippen molar-refractivity contribution < 1.29 is 9.53 Å². The summed E-state index contributed by atoms with van der Waals surface area (Å²) in [7, 11) is 0. The summed E-state index contributed by atoms with van der Waals surface area (Å²) in [6.45, 7) is 3.71. The molecule has 2 saturated heterocycles. The third kappa shape index (κ3) is 3.64. The first-order valence-corrected chi connectivity index (χ1v) is 9.67. The molecule has 0 atom stereocenters. The normalized spacial score (nSPS) is 22.2. The van der Waals surface area contributed by atoms with Crippen LogP contribution in [0.3, 0.4) is 0 Å². The SMILES string of the molecule is O=C(C1CCOCC1)N1CCC(Cn2nc3c(cc2=O)CCC3)CC1. The van der Waals surface area contributed by atoms with Crippen LogP contribution >= 0.6 is 0 Å². The van der Waals surface area contributed by atoms with Gasteiger partial charge in [-0.2, -0.15) is 5.10 Å². The number of carbonyl (C=O) groups excluding carboxylic acids is 1. The smallest absolute Gasteiger partial charge is 0.267 e. The molecule has 2 fully saturated rings. The van der Waals surface area contributed by atoms with Crippen molar-refractivity contribution in [3.05, 3.63) is 27.7 Å². The lowest BCUT2D eigenvalue weighted by Crippen LogP contribution is -2.44. The molecule has 1 aromatic heterocycles. The summed E-state index contributed by atoms with van der Waals surface area (Å²) in [6, 6.07) is 1.78. The number of rotatable bonds is 3. The molecule has 4 rings (SSSR count). The molecule has 0 bridgehead atoms. The molecule has 1 amide bonds. The van der Waals surface area contributed by atoms with Crippen LogP contribution in [0.4, 0.5) is 0 Å². The average molecular weight is 345 g/mol. The Hall–Kier alpha value is -1.69. The number of aryl methyl sites for hydroxylation is 2. The van der Waals surface area contributed by atoms with Gasteiger partial charge in [-0.15, -0.1) is 0 Å². The second-order valence-corrected chi connectivity index (χ2v) is 7.65. The molecule has 136 valence electrons. The van der Waals surface area contributed by atoms with E-state index in [-0.39, 0.29) is 11.5 Å². The molecule has 0 spiro atoms. The quantitative estimate of drug-likeness (QED) is 0.831. The lowest BCUT2D eigenvalue weighted by Gasteiger charge is -2.35. The summed E-state index contributed by atoms with van der Waals surface area (Å²) in [5.74, 6) is 0.879. The molecule has 3 heterocycles. The zero-order chi connectivity index (χ0) is 17.2. The van der Waals surface area contributed by atoms with Crippen molar-refractivity contribution in [3.63, 3.8) is 0 Å². The standard InChI is InChI=1S/C19H27N3O3/c23-18-12-16-2-1-3-17(16)20-22(18)13-14-4-8-21(9-5-14)19(24)15-6-10-25-11-7-15/h12,14-15H,1-11,13H2. The molecule has 2 aliphatic heterocycles. The minimum absolute atomic E-state index is 0.0290. The van der Waals surface area contributed by atoms with Crippen LogP contribution in [0.1, 0.15) is 43.4 Å². The van der Waals surface area contributed by atoms with Crippen LogP contribution in [0.25, 0.3) is 0 Å². The molecule has 0 radical (unpaired) electrons. The third-order valence-corrected chi connectivity index (χ3v) is 5.95. The summed E-state index contributed by atoms with van der Waals surface area (Å²) in [4.78, 5) is 26.9. The molecular formula is C19H27N3O3. The van der Waals surface area contributed by atoms with Gasteiger partial charge in [0, 0.05) is 44.8 Å². The summed E-state index contributed by atoms with van der Waals surface area (Å²) >= 11 is 0. The van der Waals surface area contributed by atoms with Crippen molar-refractivity contribution in [1.82, 2.24) is 14.7 Å². The molecule has 25 heavy (non-hydrogen) atoms. The number of aromatic nitrogens is 2. The Kier molecular flexibility index (Phi) is 4.88. The van der Waals surface area contributed by atoms with E-state index in [1.807, 2.05) is 4.90 Å². The van der Waals surface area contributed by atoms with Crippen LogP contribution in [0.2, 0.25) is 0 Å². The maximum Gasteiger partial charge on any atom is 0.267 e. The van der Waals surface area contributed by atoms with Gasteiger partial charge in [-0.3, -0.25) is 9.59 Å². The predicted molar refractivity (Wildman–Crippen MR) is 93.4 cm³/mol. The van der Waals surface area contributed by atoms with E-state index < -0.39 is 0 Å². The van der Waals surface area contributed by atoms with Gasteiger partial charge in [0.25, 0.3) is 5.56 Å². The molecule has 0 aromatic carbocycles. The third-order valence-electron chi connectivity index (χ3n) is 5.95. The summed E-state index contributed by atoms with van der Waals surface area (Å²) in [5.41, 5.74) is 2.27. The summed E-state index contributed by atoms with van der Waals surface area (Å²) < 4.78 is 7.01. The maximum absolute atomic E-state index is 12.6. The van der Waals surface area contributed by atoms with Crippen molar-refractivity contribution in [2.24, 2.45) is 11.8 Å². The van der Waals surface area contributed by atoms with Gasteiger partial charge in [0.05, 0.1) is 5.69 Å². The number of amides is 1. The van der Waals surface area contributed by atoms with Gasteiger partial charge < -0.3 is 9.64 Å². The number of hydrogen-bond donors (Lipinski definition) is 0. The largest absolute Gasteiger partial charge is 0.381 e. The zero-order valence-corrected chi connectivity index (χ0v) is 14.8. The Labute approximate surface area is 148 Å². The monoisotopic (exact) mass is 345 g/mol. The van der Waals surface area contributed by atoms with E-state index in [1.54, 1.807) is 10.7 Å². The zero-order valence-electron chi connectivity index (χ0n) is 14.8. The van der Waals surface area contributed by atoms with Gasteiger partial charge in [-0.05, 0) is 56.4 Å². The van der Waals surface area contributed by atoms with E-state index in [4.69, 9.17) is 4.74 Å². The van der Waals surface area contributed by atoms with Crippen LogP contribution < -0.4 is 5.56 Å². The number of fused-ring (bicyclic) bond motifs is 1. The van der Waals surface area contributed by atoms with Crippen molar-refractivity contribution >= 4 is 5.91 Å². The highest BCUT2D eigenvalue weighted by Gasteiger charge is 2.29. The Morgan fingerprint density at radius 3 is 2.68 bits per heavy atom. The van der Waals surface area contributed by atoms with Crippen LogP contribution in [0.15, 0.2) is 10.9 Å². The fourth-order valence-corrected chi connectivity index (χ4v) is 4.35. The average Bonchev–Trinajstić information content (AvgIpc) is 3.10. The van der Waals surface area contributed by atoms with Gasteiger partial charge in [0.15, 0.2) is 0 Å². The van der Waals surface area contributed by atoms with Crippen molar-refractivity contribution in [3.8, 4) is 0 Å². The number of piperidine rings is 1. The Balaban J connectivity index is 1.33. The van der Waals surface area contributed by atoms with Crippen LogP contribution in [-0.2, 0) is 28.9 Å². The van der Waals surface area contributed by atoms with E-state index in [9.17, 15) is 9.59 Å². The highest BCUT2D eigenvalue weighted by Crippen LogP contribution is 2.24. The van der Waals surface area contributed by atoms with Crippen LogP contribution in [0.5, 0.6) is 0 Å². The predicted octanol–water partition coefficient (Wildman–Crippen LogP) is 1.40. The van der Waals surface area contributed by atoms with Crippen molar-refractivity contribution in [2.75, 3.05) is 26.3 Å². The topological polar surface area (TPSA) is 64.4 Å². The molecule has 1 aliphatic carbocycles. The maximum atomic E-state index is 12.6. The van der Waals surface area contributed by atoms with E-state index in [0.717, 1.165) is 69.3 Å². The van der Waals surface area contributed by atoms with E-state index >= 15 is 0 Å². The lowest BCUT2D eigenvalue weighted by molar-refractivity contribution is -0.140. The molecule has 0 N–H and O–H groups in total. The Morgan fingerprint density at radius 2 is 1.92 bits per heavy atom. The molecule has 6 nitrogen and oxygen atoms in total. The van der Waals surface area contributed by atoms with Crippen molar-refractivity contribution in [2.45, 2.75) is 51.5 Å². The first kappa shape index (κ1) is 16.8. The summed E-state index contributed by atoms with van der Waals surface area (Å²) in [5, 5.41) is 4.58. The van der Waals surface area contributed by atoms with Crippen molar-refractivity contribution in [1.29, 1.82) is 0 Å². The van der Waals surface area contributed by atoms with Gasteiger partial charge in [0.1, 0.15) is 0 Å².